The van der Waals surface area contributed by atoms with Gasteiger partial charge in [0.2, 0.25) is 0 Å². The fraction of sp³-hybridized carbons (Fsp3) is 0.100. The van der Waals surface area contributed by atoms with Gasteiger partial charge in [-0.05, 0) is 53.6 Å². The number of rotatable bonds is 4. The number of pyridine rings is 2. The third-order valence-electron chi connectivity index (χ3n) is 4.52. The van der Waals surface area contributed by atoms with E-state index in [0.29, 0.717) is 11.3 Å². The summed E-state index contributed by atoms with van der Waals surface area (Å²) in [6.45, 7) is 0. The molecule has 1 atom stereocenters. The topological polar surface area (TPSA) is 117 Å². The lowest BCUT2D eigenvalue weighted by Crippen LogP contribution is -2.40. The molecule has 0 aliphatic carbocycles. The third-order valence-corrected chi connectivity index (χ3v) is 4.52. The minimum Gasteiger partial charge on any atom is -0.342 e. The van der Waals surface area contributed by atoms with Crippen LogP contribution in [0.3, 0.4) is 0 Å². The zero-order valence-corrected chi connectivity index (χ0v) is 14.6. The van der Waals surface area contributed by atoms with Gasteiger partial charge in [0.1, 0.15) is 17.6 Å². The number of fused-ring (bicyclic) bond motifs is 1. The molecule has 1 aromatic carbocycles. The molecule has 0 radical (unpaired) electrons. The Labute approximate surface area is 159 Å². The Morgan fingerprint density at radius 3 is 2.25 bits per heavy atom. The summed E-state index contributed by atoms with van der Waals surface area (Å²) in [5.74, 6) is -3.41. The van der Waals surface area contributed by atoms with Gasteiger partial charge in [0.25, 0.3) is 5.97 Å². The quantitative estimate of drug-likeness (QED) is 0.401. The first-order valence-corrected chi connectivity index (χ1v) is 8.46. The SMILES string of the molecule is NC(c1ccc2c(-c3ccncc3)c(-c3ccc(F)cc3)nn2c1)C(O)(O)O. The second kappa shape index (κ2) is 6.77. The molecule has 4 aromatic rings. The first-order valence-electron chi connectivity index (χ1n) is 8.46. The van der Waals surface area contributed by atoms with Gasteiger partial charge in [0.15, 0.2) is 0 Å². The minimum absolute atomic E-state index is 0.273. The van der Waals surface area contributed by atoms with Gasteiger partial charge in [-0.1, -0.05) is 6.07 Å². The lowest BCUT2D eigenvalue weighted by atomic mass is 10.00. The van der Waals surface area contributed by atoms with Crippen LogP contribution < -0.4 is 5.73 Å². The number of benzene rings is 1. The van der Waals surface area contributed by atoms with Crippen molar-refractivity contribution in [3.05, 3.63) is 78.5 Å². The van der Waals surface area contributed by atoms with Crippen LogP contribution in [0.25, 0.3) is 27.9 Å². The summed E-state index contributed by atoms with van der Waals surface area (Å²) in [4.78, 5) is 4.04. The van der Waals surface area contributed by atoms with E-state index in [1.165, 1.54) is 22.8 Å². The van der Waals surface area contributed by atoms with Crippen molar-refractivity contribution in [3.63, 3.8) is 0 Å². The molecular formula is C20H17FN4O3. The Bertz CT molecular complexity index is 1120. The highest BCUT2D eigenvalue weighted by Gasteiger charge is 2.30. The van der Waals surface area contributed by atoms with E-state index in [1.807, 2.05) is 12.1 Å². The minimum atomic E-state index is -3.06. The normalized spacial score (nSPS) is 13.0. The average molecular weight is 380 g/mol. The van der Waals surface area contributed by atoms with Gasteiger partial charge in [-0.2, -0.15) is 5.10 Å². The zero-order valence-electron chi connectivity index (χ0n) is 14.6. The molecule has 1 unspecified atom stereocenters. The number of hydrogen-bond donors (Lipinski definition) is 4. The molecule has 5 N–H and O–H groups in total. The Morgan fingerprint density at radius 1 is 0.929 bits per heavy atom. The molecule has 0 saturated heterocycles. The largest absolute Gasteiger partial charge is 0.342 e. The van der Waals surface area contributed by atoms with Crippen molar-refractivity contribution in [2.24, 2.45) is 5.73 Å². The van der Waals surface area contributed by atoms with Crippen molar-refractivity contribution in [3.8, 4) is 22.4 Å². The first kappa shape index (κ1) is 18.2. The van der Waals surface area contributed by atoms with Crippen molar-refractivity contribution in [1.82, 2.24) is 14.6 Å². The lowest BCUT2D eigenvalue weighted by molar-refractivity contribution is -0.324. The smallest absolute Gasteiger partial charge is 0.295 e. The van der Waals surface area contributed by atoms with Crippen LogP contribution in [-0.4, -0.2) is 35.9 Å². The van der Waals surface area contributed by atoms with Crippen molar-refractivity contribution >= 4 is 5.52 Å². The van der Waals surface area contributed by atoms with Crippen molar-refractivity contribution in [1.29, 1.82) is 0 Å². The predicted molar refractivity (Wildman–Crippen MR) is 100 cm³/mol. The lowest BCUT2D eigenvalue weighted by Gasteiger charge is -2.22. The molecule has 0 spiro atoms. The van der Waals surface area contributed by atoms with Gasteiger partial charge >= 0.3 is 0 Å². The fourth-order valence-corrected chi connectivity index (χ4v) is 3.09. The van der Waals surface area contributed by atoms with Crippen LogP contribution in [-0.2, 0) is 0 Å². The molecule has 0 saturated carbocycles. The molecule has 0 aliphatic rings. The van der Waals surface area contributed by atoms with Crippen LogP contribution in [0.5, 0.6) is 0 Å². The van der Waals surface area contributed by atoms with Gasteiger partial charge in [-0.25, -0.2) is 8.91 Å². The van der Waals surface area contributed by atoms with E-state index in [0.717, 1.165) is 16.6 Å². The maximum absolute atomic E-state index is 13.4. The maximum atomic E-state index is 13.4. The predicted octanol–water partition coefficient (Wildman–Crippen LogP) is 1.83. The molecule has 0 amide bonds. The molecular weight excluding hydrogens is 363 g/mol. The Balaban J connectivity index is 1.95. The summed E-state index contributed by atoms with van der Waals surface area (Å²) in [7, 11) is 0. The number of nitrogens with zero attached hydrogens (tertiary/aromatic N) is 3. The second-order valence-corrected chi connectivity index (χ2v) is 6.42. The van der Waals surface area contributed by atoms with Gasteiger partial charge in [-0.3, -0.25) is 4.98 Å². The number of nitrogens with two attached hydrogens (primary N) is 1. The highest BCUT2D eigenvalue weighted by Crippen LogP contribution is 2.35. The van der Waals surface area contributed by atoms with Crippen LogP contribution >= 0.6 is 0 Å². The summed E-state index contributed by atoms with van der Waals surface area (Å²) < 4.78 is 14.9. The summed E-state index contributed by atoms with van der Waals surface area (Å²) in [6.07, 6.45) is 4.83. The number of halogens is 1. The van der Waals surface area contributed by atoms with E-state index in [4.69, 9.17) is 5.73 Å². The van der Waals surface area contributed by atoms with E-state index in [1.54, 1.807) is 36.7 Å². The van der Waals surface area contributed by atoms with Crippen molar-refractivity contribution in [2.75, 3.05) is 0 Å². The molecule has 3 heterocycles. The molecule has 3 aromatic heterocycles. The highest BCUT2D eigenvalue weighted by atomic mass is 19.1. The molecule has 0 aliphatic heterocycles. The fourth-order valence-electron chi connectivity index (χ4n) is 3.09. The molecule has 0 fully saturated rings. The van der Waals surface area contributed by atoms with Gasteiger partial charge in [0.05, 0.1) is 5.52 Å². The highest BCUT2D eigenvalue weighted by molar-refractivity contribution is 5.92. The van der Waals surface area contributed by atoms with Crippen LogP contribution in [0.1, 0.15) is 11.6 Å². The number of aromatic nitrogens is 3. The second-order valence-electron chi connectivity index (χ2n) is 6.42. The number of hydrogen-bond acceptors (Lipinski definition) is 6. The summed E-state index contributed by atoms with van der Waals surface area (Å²) in [5.41, 5.74) is 9.69. The summed E-state index contributed by atoms with van der Waals surface area (Å²) in [5, 5.41) is 32.7. The van der Waals surface area contributed by atoms with Gasteiger partial charge in [0, 0.05) is 29.7 Å². The van der Waals surface area contributed by atoms with Crippen LogP contribution in [0.2, 0.25) is 0 Å². The zero-order chi connectivity index (χ0) is 19.9. The standard InChI is InChI=1S/C20H17FN4O3/c21-15-4-1-13(2-5-15)18-17(12-7-9-23-10-8-12)16-6-3-14(11-25(16)24-18)19(22)20(26,27)28/h1-11,19,26-28H,22H2. The average Bonchev–Trinajstić information content (AvgIpc) is 3.06. The maximum Gasteiger partial charge on any atom is 0.295 e. The molecule has 142 valence electrons. The van der Waals surface area contributed by atoms with Crippen molar-refractivity contribution in [2.45, 2.75) is 12.0 Å². The Kier molecular flexibility index (Phi) is 4.40. The van der Waals surface area contributed by atoms with E-state index < -0.39 is 12.0 Å². The third kappa shape index (κ3) is 3.25. The van der Waals surface area contributed by atoms with E-state index in [2.05, 4.69) is 10.1 Å². The van der Waals surface area contributed by atoms with E-state index in [9.17, 15) is 19.7 Å². The van der Waals surface area contributed by atoms with Crippen LogP contribution in [0.15, 0.2) is 67.1 Å². The van der Waals surface area contributed by atoms with E-state index >= 15 is 0 Å². The monoisotopic (exact) mass is 380 g/mol. The number of aliphatic hydroxyl groups is 3. The first-order chi connectivity index (χ1) is 13.3. The van der Waals surface area contributed by atoms with Crippen LogP contribution in [0.4, 0.5) is 4.39 Å². The van der Waals surface area contributed by atoms with Crippen molar-refractivity contribution < 1.29 is 19.7 Å². The molecule has 28 heavy (non-hydrogen) atoms. The Hall–Kier alpha value is -3.17. The summed E-state index contributed by atoms with van der Waals surface area (Å²) >= 11 is 0. The molecule has 0 bridgehead atoms. The van der Waals surface area contributed by atoms with Gasteiger partial charge < -0.3 is 21.1 Å². The molecule has 7 nitrogen and oxygen atoms in total. The van der Waals surface area contributed by atoms with E-state index in [-0.39, 0.29) is 11.4 Å². The Morgan fingerprint density at radius 2 is 1.61 bits per heavy atom. The summed E-state index contributed by atoms with van der Waals surface area (Å²) in [6, 6.07) is 11.5. The molecule has 8 heteroatoms. The van der Waals surface area contributed by atoms with Gasteiger partial charge in [-0.15, -0.1) is 0 Å². The molecule has 4 rings (SSSR count). The van der Waals surface area contributed by atoms with Crippen LogP contribution in [0, 0.1) is 5.82 Å².